The lowest BCUT2D eigenvalue weighted by Gasteiger charge is -2.16. The van der Waals surface area contributed by atoms with Gasteiger partial charge >= 0.3 is 6.03 Å². The molecule has 2 aliphatic carbocycles. The van der Waals surface area contributed by atoms with Crippen LogP contribution >= 0.6 is 0 Å². The van der Waals surface area contributed by atoms with E-state index >= 15 is 0 Å². The molecule has 0 heterocycles. The van der Waals surface area contributed by atoms with Gasteiger partial charge in [-0.2, -0.15) is 0 Å². The molecule has 0 saturated carbocycles. The first-order chi connectivity index (χ1) is 13.7. The van der Waals surface area contributed by atoms with Gasteiger partial charge in [-0.25, -0.2) is 17.9 Å². The molecule has 0 aromatic heterocycles. The Morgan fingerprint density at radius 2 is 1.62 bits per heavy atom. The monoisotopic (exact) mass is 421 g/mol. The van der Waals surface area contributed by atoms with Crippen LogP contribution in [0.5, 0.6) is 0 Å². The molecule has 29 heavy (non-hydrogen) atoms. The maximum atomic E-state index is 12.4. The number of imide groups is 1. The molecule has 3 rings (SSSR count). The first-order valence-corrected chi connectivity index (χ1v) is 11.6. The summed E-state index contributed by atoms with van der Waals surface area (Å²) in [5.74, 6) is -1.23. The van der Waals surface area contributed by atoms with Crippen LogP contribution < -0.4 is 10.0 Å². The summed E-state index contributed by atoms with van der Waals surface area (Å²) in [6.45, 7) is 1.26. The smallest absolute Gasteiger partial charge is 0.307 e. The summed E-state index contributed by atoms with van der Waals surface area (Å²) in [5.41, 5.74) is 5.51. The molecule has 0 radical (unpaired) electrons. The number of anilines is 1. The molecule has 4 amide bonds. The van der Waals surface area contributed by atoms with Crippen LogP contribution in [-0.2, 0) is 45.3 Å². The largest absolute Gasteiger partial charge is 0.332 e. The Morgan fingerprint density at radius 3 is 2.17 bits per heavy atom. The second-order valence-electron chi connectivity index (χ2n) is 7.68. The van der Waals surface area contributed by atoms with Gasteiger partial charge in [-0.1, -0.05) is 6.07 Å². The molecule has 0 aliphatic heterocycles. The summed E-state index contributed by atoms with van der Waals surface area (Å²) in [6, 6.07) is 1.46. The van der Waals surface area contributed by atoms with Crippen LogP contribution in [-0.4, -0.2) is 44.0 Å². The topological polar surface area (TPSA) is 113 Å². The minimum absolute atomic E-state index is 0.0230. The lowest BCUT2D eigenvalue weighted by molar-refractivity contribution is -0.141. The molecule has 0 unspecified atom stereocenters. The first-order valence-electron chi connectivity index (χ1n) is 9.93. The van der Waals surface area contributed by atoms with Crippen LogP contribution in [0, 0.1) is 0 Å². The van der Waals surface area contributed by atoms with Gasteiger partial charge in [-0.15, -0.1) is 0 Å². The third kappa shape index (κ3) is 4.95. The van der Waals surface area contributed by atoms with Crippen molar-refractivity contribution in [3.05, 3.63) is 28.3 Å². The Bertz CT molecular complexity index is 923. The van der Waals surface area contributed by atoms with Crippen molar-refractivity contribution in [2.24, 2.45) is 0 Å². The van der Waals surface area contributed by atoms with E-state index in [0.29, 0.717) is 0 Å². The molecule has 0 saturated heterocycles. The Hall–Kier alpha value is -2.42. The van der Waals surface area contributed by atoms with E-state index in [-0.39, 0.29) is 18.6 Å². The predicted molar refractivity (Wildman–Crippen MR) is 109 cm³/mol. The molecular weight excluding hydrogens is 394 g/mol. The zero-order valence-electron chi connectivity index (χ0n) is 16.8. The molecule has 158 valence electrons. The number of urea groups is 1. The second-order valence-corrected chi connectivity index (χ2v) is 9.53. The summed E-state index contributed by atoms with van der Waals surface area (Å²) in [5, 5.41) is 2.78. The number of hydrogen-bond acceptors (Lipinski definition) is 5. The van der Waals surface area contributed by atoms with E-state index in [1.54, 1.807) is 0 Å². The lowest BCUT2D eigenvalue weighted by atomic mass is 9.99. The highest BCUT2D eigenvalue weighted by atomic mass is 32.2. The number of rotatable bonds is 6. The average Bonchev–Trinajstić information content (AvgIpc) is 3.28. The van der Waals surface area contributed by atoms with E-state index in [2.05, 4.69) is 11.4 Å². The Morgan fingerprint density at radius 1 is 1.03 bits per heavy atom. The normalized spacial score (nSPS) is 14.8. The van der Waals surface area contributed by atoms with Crippen molar-refractivity contribution in [1.82, 2.24) is 9.62 Å². The first kappa shape index (κ1) is 21.3. The van der Waals surface area contributed by atoms with Gasteiger partial charge in [-0.3, -0.25) is 14.5 Å². The molecule has 0 fully saturated rings. The number of amides is 4. The number of sulfonamides is 1. The van der Waals surface area contributed by atoms with Gasteiger partial charge in [0.15, 0.2) is 0 Å². The fourth-order valence-corrected chi connectivity index (χ4v) is 5.02. The van der Waals surface area contributed by atoms with Gasteiger partial charge in [0.05, 0.1) is 5.75 Å². The molecule has 1 aromatic rings. The van der Waals surface area contributed by atoms with Crippen LogP contribution in [0.2, 0.25) is 0 Å². The van der Waals surface area contributed by atoms with Gasteiger partial charge in [-0.05, 0) is 67.2 Å². The van der Waals surface area contributed by atoms with E-state index in [9.17, 15) is 22.8 Å². The van der Waals surface area contributed by atoms with E-state index in [4.69, 9.17) is 0 Å². The van der Waals surface area contributed by atoms with Crippen molar-refractivity contribution >= 4 is 33.6 Å². The minimum Gasteiger partial charge on any atom is -0.307 e. The van der Waals surface area contributed by atoms with Crippen molar-refractivity contribution in [2.75, 3.05) is 18.1 Å². The number of nitrogens with one attached hydrogen (secondary N) is 2. The van der Waals surface area contributed by atoms with Crippen molar-refractivity contribution in [2.45, 2.75) is 58.3 Å². The van der Waals surface area contributed by atoms with Crippen LogP contribution in [0.4, 0.5) is 10.5 Å². The standard InChI is InChI=1S/C20H27N3O5S/c1-13(24)23(2)18(25)10-5-11-29(27,28)22-20(26)21-19-16-8-3-6-14(16)12-15-7-4-9-17(15)19/h12H,3-11H2,1-2H3,(H2,21,22,26). The maximum absolute atomic E-state index is 12.4. The van der Waals surface area contributed by atoms with Crippen LogP contribution in [0.1, 0.15) is 54.9 Å². The molecule has 2 N–H and O–H groups in total. The Kier molecular flexibility index (Phi) is 6.26. The third-order valence-electron chi connectivity index (χ3n) is 5.61. The number of aryl methyl sites for hydroxylation is 2. The summed E-state index contributed by atoms with van der Waals surface area (Å²) in [7, 11) is -2.54. The van der Waals surface area contributed by atoms with Crippen LogP contribution in [0.15, 0.2) is 6.07 Å². The Balaban J connectivity index is 1.60. The summed E-state index contributed by atoms with van der Waals surface area (Å²) < 4.78 is 26.5. The number of carbonyl (C=O) groups excluding carboxylic acids is 3. The van der Waals surface area contributed by atoms with Gasteiger partial charge in [0, 0.05) is 26.1 Å². The molecule has 0 spiro atoms. The zero-order chi connectivity index (χ0) is 21.2. The van der Waals surface area contributed by atoms with E-state index in [1.807, 2.05) is 4.72 Å². The molecular formula is C20H27N3O5S. The summed E-state index contributed by atoms with van der Waals surface area (Å²) in [6.07, 6.45) is 5.76. The van der Waals surface area contributed by atoms with Crippen molar-refractivity contribution in [3.63, 3.8) is 0 Å². The van der Waals surface area contributed by atoms with Gasteiger partial charge in [0.2, 0.25) is 21.8 Å². The summed E-state index contributed by atoms with van der Waals surface area (Å²) in [4.78, 5) is 36.3. The van der Waals surface area contributed by atoms with Crippen LogP contribution in [0.3, 0.4) is 0 Å². The fourth-order valence-electron chi connectivity index (χ4n) is 4.06. The lowest BCUT2D eigenvalue weighted by Crippen LogP contribution is -2.37. The molecule has 0 bridgehead atoms. The van der Waals surface area contributed by atoms with E-state index < -0.39 is 27.9 Å². The molecule has 2 aliphatic rings. The number of benzene rings is 1. The van der Waals surface area contributed by atoms with E-state index in [0.717, 1.165) is 60.2 Å². The van der Waals surface area contributed by atoms with Crippen molar-refractivity contribution < 1.29 is 22.8 Å². The molecule has 8 nitrogen and oxygen atoms in total. The number of fused-ring (bicyclic) bond motifs is 2. The average molecular weight is 422 g/mol. The molecule has 9 heteroatoms. The van der Waals surface area contributed by atoms with Crippen molar-refractivity contribution in [3.8, 4) is 0 Å². The predicted octanol–water partition coefficient (Wildman–Crippen LogP) is 1.90. The second kappa shape index (κ2) is 8.52. The number of nitrogens with zero attached hydrogens (tertiary/aromatic N) is 1. The number of carbonyl (C=O) groups is 3. The summed E-state index contributed by atoms with van der Waals surface area (Å²) >= 11 is 0. The van der Waals surface area contributed by atoms with Gasteiger partial charge in [0.25, 0.3) is 0 Å². The van der Waals surface area contributed by atoms with Crippen LogP contribution in [0.25, 0.3) is 0 Å². The van der Waals surface area contributed by atoms with Gasteiger partial charge < -0.3 is 5.32 Å². The third-order valence-corrected chi connectivity index (χ3v) is 6.93. The highest BCUT2D eigenvalue weighted by Crippen LogP contribution is 2.38. The Labute approximate surface area is 171 Å². The molecule has 0 atom stereocenters. The minimum atomic E-state index is -3.89. The number of hydrogen-bond donors (Lipinski definition) is 2. The zero-order valence-corrected chi connectivity index (χ0v) is 17.7. The quantitative estimate of drug-likeness (QED) is 0.728. The van der Waals surface area contributed by atoms with E-state index in [1.165, 1.54) is 25.1 Å². The molecule has 1 aromatic carbocycles. The van der Waals surface area contributed by atoms with Gasteiger partial charge in [0.1, 0.15) is 0 Å². The highest BCUT2D eigenvalue weighted by molar-refractivity contribution is 7.90. The highest BCUT2D eigenvalue weighted by Gasteiger charge is 2.26. The SMILES string of the molecule is CC(=O)N(C)C(=O)CCCS(=O)(=O)NC(=O)Nc1c2c(cc3c1CCC3)CCC2. The maximum Gasteiger partial charge on any atom is 0.332 e. The van der Waals surface area contributed by atoms with Crippen molar-refractivity contribution in [1.29, 1.82) is 0 Å². The fraction of sp³-hybridized carbons (Fsp3) is 0.550.